The van der Waals surface area contributed by atoms with E-state index in [1.165, 1.54) is 0 Å². The molecule has 0 amide bonds. The van der Waals surface area contributed by atoms with Crippen LogP contribution in [-0.4, -0.2) is 0 Å². The second kappa shape index (κ2) is 6.42. The molecule has 0 saturated heterocycles. The lowest BCUT2D eigenvalue weighted by Crippen LogP contribution is -2.26. The van der Waals surface area contributed by atoms with Gasteiger partial charge in [-0.05, 0) is 18.1 Å². The van der Waals surface area contributed by atoms with Crippen molar-refractivity contribution in [3.05, 3.63) is 74.1 Å². The van der Waals surface area contributed by atoms with E-state index in [2.05, 4.69) is 0 Å². The fourth-order valence-corrected chi connectivity index (χ4v) is 3.09. The fraction of sp³-hybridized carbons (Fsp3) is 0.222. The number of benzene rings is 1. The molecule has 1 aliphatic rings. The summed E-state index contributed by atoms with van der Waals surface area (Å²) in [5.41, 5.74) is 6.37. The molecule has 0 aliphatic carbocycles. The number of rotatable bonds is 3. The van der Waals surface area contributed by atoms with Crippen LogP contribution in [0, 0.1) is 11.3 Å². The Morgan fingerprint density at radius 1 is 1.38 bits per heavy atom. The second-order valence-corrected chi connectivity index (χ2v) is 5.88. The van der Waals surface area contributed by atoms with Gasteiger partial charge in [-0.15, -0.1) is 0 Å². The predicted molar refractivity (Wildman–Crippen MR) is 89.7 cm³/mol. The van der Waals surface area contributed by atoms with Crippen molar-refractivity contribution < 1.29 is 9.15 Å². The Balaban J connectivity index is 2.27. The number of allylic oxidation sites excluding steroid dienone is 1. The molecule has 2 N–H and O–H groups in total. The van der Waals surface area contributed by atoms with Gasteiger partial charge in [-0.3, -0.25) is 0 Å². The Morgan fingerprint density at radius 3 is 2.79 bits per heavy atom. The van der Waals surface area contributed by atoms with Crippen LogP contribution in [0.1, 0.15) is 36.1 Å². The lowest BCUT2D eigenvalue weighted by molar-refractivity contribution is 0.367. The third-order valence-corrected chi connectivity index (χ3v) is 4.24. The van der Waals surface area contributed by atoms with Gasteiger partial charge in [0.1, 0.15) is 23.2 Å². The van der Waals surface area contributed by atoms with Crippen molar-refractivity contribution in [2.45, 2.75) is 25.7 Å². The van der Waals surface area contributed by atoms with Gasteiger partial charge < -0.3 is 14.9 Å². The molecule has 1 aromatic heterocycles. The van der Waals surface area contributed by atoms with Crippen molar-refractivity contribution in [1.29, 1.82) is 5.26 Å². The Hall–Kier alpha value is -2.71. The first-order valence-electron chi connectivity index (χ1n) is 7.55. The summed E-state index contributed by atoms with van der Waals surface area (Å²) < 4.78 is 10.9. The lowest BCUT2D eigenvalue weighted by atomic mass is 9.84. The monoisotopic (exact) mass is 342 g/mol. The smallest absolute Gasteiger partial charge is 0.343 e. The zero-order chi connectivity index (χ0) is 17.3. The first kappa shape index (κ1) is 16.2. The summed E-state index contributed by atoms with van der Waals surface area (Å²) >= 11 is 6.28. The summed E-state index contributed by atoms with van der Waals surface area (Å²) in [6, 6.07) is 10.7. The van der Waals surface area contributed by atoms with E-state index in [9.17, 15) is 10.1 Å². The summed E-state index contributed by atoms with van der Waals surface area (Å²) in [5.74, 6) is 0.103. The van der Waals surface area contributed by atoms with E-state index in [0.717, 1.165) is 6.42 Å². The van der Waals surface area contributed by atoms with E-state index in [-0.39, 0.29) is 17.0 Å². The summed E-state index contributed by atoms with van der Waals surface area (Å²) in [6.45, 7) is 1.98. The quantitative estimate of drug-likeness (QED) is 0.922. The van der Waals surface area contributed by atoms with Crippen molar-refractivity contribution in [2.75, 3.05) is 0 Å². The average molecular weight is 343 g/mol. The normalized spacial score (nSPS) is 16.3. The fourth-order valence-electron chi connectivity index (χ4n) is 2.84. The zero-order valence-electron chi connectivity index (χ0n) is 13.0. The van der Waals surface area contributed by atoms with Gasteiger partial charge in [0.15, 0.2) is 0 Å². The number of nitriles is 1. The molecule has 6 heteroatoms. The van der Waals surface area contributed by atoms with Gasteiger partial charge in [-0.1, -0.05) is 36.7 Å². The number of nitrogens with zero attached hydrogens (tertiary/aromatic N) is 1. The first-order valence-corrected chi connectivity index (χ1v) is 7.93. The number of hydrogen-bond acceptors (Lipinski definition) is 5. The molecule has 0 bridgehead atoms. The topological polar surface area (TPSA) is 89.2 Å². The zero-order valence-corrected chi connectivity index (χ0v) is 13.8. The van der Waals surface area contributed by atoms with Crippen LogP contribution in [0.3, 0.4) is 0 Å². The predicted octanol–water partition coefficient (Wildman–Crippen LogP) is 3.46. The number of hydrogen-bond donors (Lipinski definition) is 1. The van der Waals surface area contributed by atoms with Crippen molar-refractivity contribution >= 4 is 11.6 Å². The minimum Gasteiger partial charge on any atom is -0.440 e. The third-order valence-electron chi connectivity index (χ3n) is 3.90. The maximum Gasteiger partial charge on any atom is 0.343 e. The minimum absolute atomic E-state index is 0.0250. The van der Waals surface area contributed by atoms with Gasteiger partial charge in [-0.2, -0.15) is 5.26 Å². The number of fused-ring (bicyclic) bond motifs is 1. The van der Waals surface area contributed by atoms with Crippen LogP contribution < -0.4 is 16.1 Å². The second-order valence-electron chi connectivity index (χ2n) is 5.47. The highest BCUT2D eigenvalue weighted by molar-refractivity contribution is 6.31. The molecule has 2 heterocycles. The molecule has 5 nitrogen and oxygen atoms in total. The van der Waals surface area contributed by atoms with Gasteiger partial charge >= 0.3 is 5.63 Å². The molecular formula is C18H15ClN2O3. The highest BCUT2D eigenvalue weighted by Gasteiger charge is 2.35. The van der Waals surface area contributed by atoms with Crippen molar-refractivity contribution in [3.8, 4) is 11.8 Å². The molecule has 1 aromatic carbocycles. The van der Waals surface area contributed by atoms with Gasteiger partial charge in [0, 0.05) is 17.5 Å². The molecule has 2 aromatic rings. The van der Waals surface area contributed by atoms with E-state index >= 15 is 0 Å². The summed E-state index contributed by atoms with van der Waals surface area (Å²) in [5, 5.41) is 9.93. The molecule has 24 heavy (non-hydrogen) atoms. The lowest BCUT2D eigenvalue weighted by Gasteiger charge is -2.25. The van der Waals surface area contributed by atoms with Crippen molar-refractivity contribution in [2.24, 2.45) is 5.73 Å². The number of halogens is 1. The van der Waals surface area contributed by atoms with E-state index in [1.807, 2.05) is 13.0 Å². The van der Waals surface area contributed by atoms with Crippen LogP contribution in [0.5, 0.6) is 5.75 Å². The van der Waals surface area contributed by atoms with Crippen LogP contribution in [-0.2, 0) is 6.42 Å². The maximum atomic E-state index is 12.6. The molecule has 0 saturated carbocycles. The van der Waals surface area contributed by atoms with Crippen LogP contribution in [0.2, 0.25) is 5.02 Å². The first-order chi connectivity index (χ1) is 11.6. The maximum absolute atomic E-state index is 12.6. The Kier molecular flexibility index (Phi) is 4.32. The average Bonchev–Trinajstić information content (AvgIpc) is 2.54. The summed E-state index contributed by atoms with van der Waals surface area (Å²) in [4.78, 5) is 12.6. The molecule has 0 spiro atoms. The summed E-state index contributed by atoms with van der Waals surface area (Å²) in [6.07, 6.45) is 1.43. The van der Waals surface area contributed by atoms with Gasteiger partial charge in [0.2, 0.25) is 5.88 Å². The molecule has 1 aliphatic heterocycles. The summed E-state index contributed by atoms with van der Waals surface area (Å²) in [7, 11) is 0. The largest absolute Gasteiger partial charge is 0.440 e. The van der Waals surface area contributed by atoms with Gasteiger partial charge in [-0.25, -0.2) is 4.79 Å². The van der Waals surface area contributed by atoms with E-state index in [1.54, 1.807) is 30.3 Å². The third kappa shape index (κ3) is 2.66. The number of ether oxygens (including phenoxy) is 1. The molecular weight excluding hydrogens is 328 g/mol. The highest BCUT2D eigenvalue weighted by atomic mass is 35.5. The molecule has 3 rings (SSSR count). The van der Waals surface area contributed by atoms with Gasteiger partial charge in [0.05, 0.1) is 11.5 Å². The molecule has 0 radical (unpaired) electrons. The Bertz CT molecular complexity index is 925. The van der Waals surface area contributed by atoms with E-state index in [0.29, 0.717) is 28.5 Å². The Morgan fingerprint density at radius 2 is 2.12 bits per heavy atom. The van der Waals surface area contributed by atoms with E-state index in [4.69, 9.17) is 26.5 Å². The van der Waals surface area contributed by atoms with Crippen molar-refractivity contribution in [1.82, 2.24) is 0 Å². The van der Waals surface area contributed by atoms with Crippen LogP contribution in [0.25, 0.3) is 0 Å². The minimum atomic E-state index is -0.709. The number of aryl methyl sites for hydroxylation is 1. The molecule has 122 valence electrons. The van der Waals surface area contributed by atoms with E-state index < -0.39 is 11.5 Å². The Labute approximate surface area is 143 Å². The van der Waals surface area contributed by atoms with Crippen LogP contribution in [0.4, 0.5) is 0 Å². The molecule has 0 fully saturated rings. The van der Waals surface area contributed by atoms with Gasteiger partial charge in [0.25, 0.3) is 0 Å². The molecule has 1 unspecified atom stereocenters. The highest BCUT2D eigenvalue weighted by Crippen LogP contribution is 2.42. The van der Waals surface area contributed by atoms with Crippen LogP contribution >= 0.6 is 11.6 Å². The van der Waals surface area contributed by atoms with Crippen molar-refractivity contribution in [3.63, 3.8) is 0 Å². The molecule has 1 atom stereocenters. The standard InChI is InChI=1S/C18H15ClN2O3/c1-2-5-10-8-14-16(18(22)23-10)15(12(9-20)17(21)24-14)11-6-3-4-7-13(11)19/h3-4,6-8,15H,2,5,21H2,1H3. The SMILES string of the molecule is CCCc1cc2c(c(=O)o1)C(c1ccccc1Cl)C(C#N)=C(N)O2. The van der Waals surface area contributed by atoms with Crippen LogP contribution in [0.15, 0.2) is 51.0 Å². The number of nitrogens with two attached hydrogens (primary N) is 1.